The van der Waals surface area contributed by atoms with E-state index in [0.29, 0.717) is 17.5 Å². The van der Waals surface area contributed by atoms with Gasteiger partial charge in [-0.15, -0.1) is 0 Å². The lowest BCUT2D eigenvalue weighted by molar-refractivity contribution is 1.07. The van der Waals surface area contributed by atoms with Gasteiger partial charge in [-0.25, -0.2) is 19.9 Å². The molecule has 0 aliphatic rings. The molecule has 0 saturated carbocycles. The van der Waals surface area contributed by atoms with Crippen molar-refractivity contribution in [2.75, 3.05) is 0 Å². The van der Waals surface area contributed by atoms with Gasteiger partial charge in [-0.2, -0.15) is 0 Å². The largest absolute Gasteiger partial charge is 0.265 e. The molecule has 0 saturated heterocycles. The van der Waals surface area contributed by atoms with Crippen LogP contribution in [-0.2, 0) is 0 Å². The summed E-state index contributed by atoms with van der Waals surface area (Å²) in [6.07, 6.45) is 3.50. The molecule has 4 aromatic heterocycles. The maximum atomic E-state index is 5.22. The molecule has 0 aliphatic carbocycles. The fourth-order valence-corrected chi connectivity index (χ4v) is 6.54. The number of hydrogen-bond acceptors (Lipinski definition) is 6. The first-order valence-electron chi connectivity index (χ1n) is 16.9. The Bertz CT molecular complexity index is 2620. The van der Waals surface area contributed by atoms with Crippen LogP contribution < -0.4 is 0 Å². The van der Waals surface area contributed by atoms with Gasteiger partial charge in [0, 0.05) is 51.1 Å². The minimum absolute atomic E-state index is 0.607. The summed E-state index contributed by atoms with van der Waals surface area (Å²) in [4.78, 5) is 28.9. The summed E-state index contributed by atoms with van der Waals surface area (Å²) in [6.45, 7) is 2.05. The molecule has 0 N–H and O–H groups in total. The van der Waals surface area contributed by atoms with Gasteiger partial charge in [-0.1, -0.05) is 121 Å². The van der Waals surface area contributed by atoms with Crippen LogP contribution in [0.4, 0.5) is 0 Å². The highest BCUT2D eigenvalue weighted by Crippen LogP contribution is 2.34. The Hall–Kier alpha value is -6.92. The van der Waals surface area contributed by atoms with Crippen molar-refractivity contribution in [3.8, 4) is 67.7 Å². The summed E-state index contributed by atoms with van der Waals surface area (Å²) in [5, 5.41) is 2.16. The second-order valence-corrected chi connectivity index (χ2v) is 12.5. The average molecular weight is 655 g/mol. The van der Waals surface area contributed by atoms with Gasteiger partial charge in [0.25, 0.3) is 0 Å². The summed E-state index contributed by atoms with van der Waals surface area (Å²) < 4.78 is 0. The topological polar surface area (TPSA) is 77.3 Å². The van der Waals surface area contributed by atoms with Gasteiger partial charge in [0.15, 0.2) is 17.5 Å². The number of benzene rings is 5. The maximum absolute atomic E-state index is 5.22. The van der Waals surface area contributed by atoms with Crippen LogP contribution >= 0.6 is 0 Å². The summed E-state index contributed by atoms with van der Waals surface area (Å²) in [5.74, 6) is 1.85. The quantitative estimate of drug-likeness (QED) is 0.166. The van der Waals surface area contributed by atoms with Crippen molar-refractivity contribution in [3.05, 3.63) is 170 Å². The van der Waals surface area contributed by atoms with E-state index in [-0.39, 0.29) is 0 Å². The molecule has 0 atom stereocenters. The van der Waals surface area contributed by atoms with Gasteiger partial charge in [-0.3, -0.25) is 9.97 Å². The number of aromatic nitrogens is 6. The second kappa shape index (κ2) is 12.8. The highest BCUT2D eigenvalue weighted by Gasteiger charge is 2.14. The second-order valence-electron chi connectivity index (χ2n) is 12.5. The highest BCUT2D eigenvalue weighted by molar-refractivity contribution is 6.08. The summed E-state index contributed by atoms with van der Waals surface area (Å²) >= 11 is 0. The van der Waals surface area contributed by atoms with Gasteiger partial charge in [0.05, 0.1) is 16.7 Å². The van der Waals surface area contributed by atoms with Crippen LogP contribution in [-0.4, -0.2) is 29.9 Å². The Balaban J connectivity index is 1.07. The molecule has 6 nitrogen and oxygen atoms in total. The van der Waals surface area contributed by atoms with Crippen LogP contribution in [0.25, 0.3) is 89.5 Å². The van der Waals surface area contributed by atoms with Crippen molar-refractivity contribution in [3.63, 3.8) is 0 Å². The predicted molar refractivity (Wildman–Crippen MR) is 206 cm³/mol. The standard InChI is InChI=1S/C45H30N6/c1-29-27-39(31-9-4-2-5-10-31)38-21-19-32-20-22-40(48-41(32)42(38)47-29)37-14-8-13-36(28-37)30-15-17-34(18-16-30)44-49-43(33-11-6-3-7-12-33)50-45(51-44)35-23-25-46-26-24-35/h2-28H,1H3. The van der Waals surface area contributed by atoms with E-state index in [4.69, 9.17) is 24.9 Å². The molecule has 5 aromatic carbocycles. The van der Waals surface area contributed by atoms with Gasteiger partial charge in [0.2, 0.25) is 0 Å². The zero-order valence-electron chi connectivity index (χ0n) is 27.8. The highest BCUT2D eigenvalue weighted by atomic mass is 15.0. The molecule has 4 heterocycles. The Morgan fingerprint density at radius 1 is 0.373 bits per heavy atom. The Morgan fingerprint density at radius 2 is 0.941 bits per heavy atom. The molecule has 0 bridgehead atoms. The molecule has 240 valence electrons. The molecule has 0 unspecified atom stereocenters. The smallest absolute Gasteiger partial charge is 0.164 e. The van der Waals surface area contributed by atoms with Crippen LogP contribution in [0.2, 0.25) is 0 Å². The summed E-state index contributed by atoms with van der Waals surface area (Å²) in [5.41, 5.74) is 12.0. The summed E-state index contributed by atoms with van der Waals surface area (Å²) in [7, 11) is 0. The minimum atomic E-state index is 0.607. The van der Waals surface area contributed by atoms with Crippen molar-refractivity contribution >= 4 is 21.8 Å². The van der Waals surface area contributed by atoms with Crippen LogP contribution in [0.1, 0.15) is 5.69 Å². The molecule has 0 aliphatic heterocycles. The maximum Gasteiger partial charge on any atom is 0.164 e. The zero-order valence-corrected chi connectivity index (χ0v) is 27.8. The van der Waals surface area contributed by atoms with Crippen LogP contribution in [0.15, 0.2) is 164 Å². The number of pyridine rings is 3. The lowest BCUT2D eigenvalue weighted by Crippen LogP contribution is -2.00. The van der Waals surface area contributed by atoms with Gasteiger partial charge in [-0.05, 0) is 59.5 Å². The molecule has 0 amide bonds. The fraction of sp³-hybridized carbons (Fsp3) is 0.0222. The third-order valence-electron chi connectivity index (χ3n) is 9.09. The van der Waals surface area contributed by atoms with Gasteiger partial charge in [0.1, 0.15) is 0 Å². The monoisotopic (exact) mass is 654 g/mol. The van der Waals surface area contributed by atoms with E-state index in [2.05, 4.69) is 108 Å². The van der Waals surface area contributed by atoms with Gasteiger partial charge >= 0.3 is 0 Å². The van der Waals surface area contributed by atoms with E-state index in [1.807, 2.05) is 55.5 Å². The van der Waals surface area contributed by atoms with E-state index in [9.17, 15) is 0 Å². The summed E-state index contributed by atoms with van der Waals surface area (Å²) in [6, 6.07) is 51.9. The number of nitrogens with zero attached hydrogens (tertiary/aromatic N) is 6. The Morgan fingerprint density at radius 3 is 1.65 bits per heavy atom. The molecule has 6 heteroatoms. The molecule has 9 rings (SSSR count). The fourth-order valence-electron chi connectivity index (χ4n) is 6.54. The average Bonchev–Trinajstić information content (AvgIpc) is 3.21. The minimum Gasteiger partial charge on any atom is -0.265 e. The number of hydrogen-bond donors (Lipinski definition) is 0. The number of aryl methyl sites for hydroxylation is 1. The molecular formula is C45H30N6. The van der Waals surface area contributed by atoms with E-state index < -0.39 is 0 Å². The molecule has 51 heavy (non-hydrogen) atoms. The first-order valence-corrected chi connectivity index (χ1v) is 16.9. The van der Waals surface area contributed by atoms with Crippen LogP contribution in [0.5, 0.6) is 0 Å². The normalized spacial score (nSPS) is 11.2. The van der Waals surface area contributed by atoms with Crippen LogP contribution in [0, 0.1) is 6.92 Å². The number of rotatable bonds is 6. The van der Waals surface area contributed by atoms with Crippen molar-refractivity contribution in [1.82, 2.24) is 29.9 Å². The molecule has 0 fully saturated rings. The third kappa shape index (κ3) is 5.89. The first kappa shape index (κ1) is 30.2. The SMILES string of the molecule is Cc1cc(-c2ccccc2)c2ccc3ccc(-c4cccc(-c5ccc(-c6nc(-c7ccccc7)nc(-c7ccncc7)n6)cc5)c4)nc3c2n1. The lowest BCUT2D eigenvalue weighted by atomic mass is 9.98. The number of fused-ring (bicyclic) bond motifs is 3. The van der Waals surface area contributed by atoms with Crippen LogP contribution in [0.3, 0.4) is 0 Å². The Labute approximate surface area is 295 Å². The third-order valence-corrected chi connectivity index (χ3v) is 9.09. The van der Waals surface area contributed by atoms with E-state index in [1.165, 1.54) is 11.1 Å². The van der Waals surface area contributed by atoms with Gasteiger partial charge < -0.3 is 0 Å². The molecule has 0 radical (unpaired) electrons. The van der Waals surface area contributed by atoms with Crippen molar-refractivity contribution in [1.29, 1.82) is 0 Å². The van der Waals surface area contributed by atoms with E-state index in [1.54, 1.807) is 12.4 Å². The molecule has 0 spiro atoms. The van der Waals surface area contributed by atoms with E-state index >= 15 is 0 Å². The van der Waals surface area contributed by atoms with Crippen molar-refractivity contribution in [2.45, 2.75) is 6.92 Å². The van der Waals surface area contributed by atoms with Crippen molar-refractivity contribution < 1.29 is 0 Å². The Kier molecular flexibility index (Phi) is 7.59. The first-order chi connectivity index (χ1) is 25.2. The molecular weight excluding hydrogens is 625 g/mol. The zero-order chi connectivity index (χ0) is 34.1. The predicted octanol–water partition coefficient (Wildman–Crippen LogP) is 10.7. The molecule has 9 aromatic rings. The van der Waals surface area contributed by atoms with Crippen molar-refractivity contribution in [2.24, 2.45) is 0 Å². The lowest BCUT2D eigenvalue weighted by Gasteiger charge is -2.12. The van der Waals surface area contributed by atoms with E-state index in [0.717, 1.165) is 66.6 Å².